The highest BCUT2D eigenvalue weighted by Crippen LogP contribution is 2.37. The summed E-state index contributed by atoms with van der Waals surface area (Å²) < 4.78 is 5.87. The lowest BCUT2D eigenvalue weighted by Gasteiger charge is -2.28. The van der Waals surface area contributed by atoms with Gasteiger partial charge < -0.3 is 10.5 Å². The molecule has 86 valence electrons. The van der Waals surface area contributed by atoms with Gasteiger partial charge in [-0.15, -0.1) is 0 Å². The fourth-order valence-electron chi connectivity index (χ4n) is 2.64. The molecular formula is C14H19NO. The molecule has 0 bridgehead atoms. The number of nitrogens with two attached hydrogens (primary N) is 1. The van der Waals surface area contributed by atoms with Gasteiger partial charge in [-0.1, -0.05) is 24.3 Å². The van der Waals surface area contributed by atoms with Crippen LogP contribution in [0, 0.1) is 5.92 Å². The van der Waals surface area contributed by atoms with Crippen molar-refractivity contribution in [1.82, 2.24) is 0 Å². The molecule has 0 radical (unpaired) electrons. The van der Waals surface area contributed by atoms with E-state index in [0.29, 0.717) is 6.04 Å². The van der Waals surface area contributed by atoms with E-state index in [1.165, 1.54) is 24.0 Å². The van der Waals surface area contributed by atoms with Crippen molar-refractivity contribution in [2.75, 3.05) is 6.61 Å². The lowest BCUT2D eigenvalue weighted by molar-refractivity contribution is 0.0307. The van der Waals surface area contributed by atoms with Crippen molar-refractivity contribution in [1.29, 1.82) is 0 Å². The summed E-state index contributed by atoms with van der Waals surface area (Å²) in [4.78, 5) is 0. The van der Waals surface area contributed by atoms with Crippen LogP contribution in [-0.4, -0.2) is 12.6 Å². The standard InChI is InChI=1S/C14H19NO/c15-13(11-5-6-11)9-14-12-4-2-1-3-10(12)7-8-16-14/h1-4,11,13-14H,5-9,15H2. The van der Waals surface area contributed by atoms with E-state index in [1.807, 2.05) is 0 Å². The maximum atomic E-state index is 6.19. The van der Waals surface area contributed by atoms with Crippen LogP contribution in [0.3, 0.4) is 0 Å². The van der Waals surface area contributed by atoms with Gasteiger partial charge in [0.25, 0.3) is 0 Å². The molecule has 1 aromatic rings. The molecule has 2 unspecified atom stereocenters. The van der Waals surface area contributed by atoms with Crippen molar-refractivity contribution >= 4 is 0 Å². The van der Waals surface area contributed by atoms with E-state index in [0.717, 1.165) is 25.4 Å². The highest BCUT2D eigenvalue weighted by Gasteiger charge is 2.32. The van der Waals surface area contributed by atoms with Crippen molar-refractivity contribution in [3.63, 3.8) is 0 Å². The van der Waals surface area contributed by atoms with E-state index < -0.39 is 0 Å². The zero-order valence-electron chi connectivity index (χ0n) is 9.56. The zero-order valence-corrected chi connectivity index (χ0v) is 9.56. The molecule has 2 N–H and O–H groups in total. The Balaban J connectivity index is 1.76. The number of hydrogen-bond acceptors (Lipinski definition) is 2. The van der Waals surface area contributed by atoms with Crippen LogP contribution in [0.2, 0.25) is 0 Å². The second-order valence-electron chi connectivity index (χ2n) is 5.05. The normalized spacial score (nSPS) is 26.2. The van der Waals surface area contributed by atoms with Gasteiger partial charge in [0.15, 0.2) is 0 Å². The molecule has 3 rings (SSSR count). The first-order valence-electron chi connectivity index (χ1n) is 6.29. The Bertz CT molecular complexity index is 373. The minimum Gasteiger partial charge on any atom is -0.373 e. The first-order chi connectivity index (χ1) is 7.84. The summed E-state index contributed by atoms with van der Waals surface area (Å²) >= 11 is 0. The quantitative estimate of drug-likeness (QED) is 0.844. The highest BCUT2D eigenvalue weighted by molar-refractivity contribution is 5.31. The number of rotatable bonds is 3. The van der Waals surface area contributed by atoms with Crippen LogP contribution in [-0.2, 0) is 11.2 Å². The molecule has 2 nitrogen and oxygen atoms in total. The van der Waals surface area contributed by atoms with E-state index in [4.69, 9.17) is 10.5 Å². The van der Waals surface area contributed by atoms with Crippen LogP contribution in [0.1, 0.15) is 36.5 Å². The number of ether oxygens (including phenoxy) is 1. The number of hydrogen-bond donors (Lipinski definition) is 1. The van der Waals surface area contributed by atoms with Gasteiger partial charge in [0.2, 0.25) is 0 Å². The van der Waals surface area contributed by atoms with Gasteiger partial charge in [-0.05, 0) is 42.7 Å². The molecule has 0 spiro atoms. The van der Waals surface area contributed by atoms with Crippen LogP contribution >= 0.6 is 0 Å². The third kappa shape index (κ3) is 2.00. The van der Waals surface area contributed by atoms with Crippen molar-refractivity contribution in [3.05, 3.63) is 35.4 Å². The third-order valence-corrected chi connectivity index (χ3v) is 3.81. The maximum absolute atomic E-state index is 6.19. The van der Waals surface area contributed by atoms with Gasteiger partial charge in [0.05, 0.1) is 12.7 Å². The molecule has 1 saturated carbocycles. The first kappa shape index (κ1) is 10.3. The lowest BCUT2D eigenvalue weighted by atomic mass is 9.92. The molecule has 2 aliphatic rings. The fraction of sp³-hybridized carbons (Fsp3) is 0.571. The van der Waals surface area contributed by atoms with Gasteiger partial charge in [-0.2, -0.15) is 0 Å². The molecule has 1 aromatic carbocycles. The summed E-state index contributed by atoms with van der Waals surface area (Å²) in [5.74, 6) is 0.762. The topological polar surface area (TPSA) is 35.2 Å². The lowest BCUT2D eigenvalue weighted by Crippen LogP contribution is -2.28. The van der Waals surface area contributed by atoms with Gasteiger partial charge in [0.1, 0.15) is 0 Å². The molecule has 1 fully saturated rings. The number of fused-ring (bicyclic) bond motifs is 1. The van der Waals surface area contributed by atoms with E-state index in [-0.39, 0.29) is 6.10 Å². The van der Waals surface area contributed by atoms with Crippen LogP contribution in [0.15, 0.2) is 24.3 Å². The molecule has 0 aromatic heterocycles. The second kappa shape index (κ2) is 4.19. The largest absolute Gasteiger partial charge is 0.373 e. The molecular weight excluding hydrogens is 198 g/mol. The summed E-state index contributed by atoms with van der Waals surface area (Å²) in [5, 5.41) is 0. The van der Waals surface area contributed by atoms with Gasteiger partial charge >= 0.3 is 0 Å². The molecule has 1 aliphatic carbocycles. The van der Waals surface area contributed by atoms with Gasteiger partial charge in [0, 0.05) is 6.04 Å². The van der Waals surface area contributed by atoms with Crippen LogP contribution < -0.4 is 5.73 Å². The Morgan fingerprint density at radius 1 is 1.31 bits per heavy atom. The monoisotopic (exact) mass is 217 g/mol. The summed E-state index contributed by atoms with van der Waals surface area (Å²) in [5.41, 5.74) is 9.00. The Kier molecular flexibility index (Phi) is 2.70. The molecule has 16 heavy (non-hydrogen) atoms. The summed E-state index contributed by atoms with van der Waals surface area (Å²) in [6, 6.07) is 8.95. The Hall–Kier alpha value is -0.860. The molecule has 1 heterocycles. The predicted octanol–water partition coefficient (Wildman–Crippen LogP) is 2.43. The Labute approximate surface area is 96.8 Å². The van der Waals surface area contributed by atoms with E-state index in [2.05, 4.69) is 24.3 Å². The fourth-order valence-corrected chi connectivity index (χ4v) is 2.64. The van der Waals surface area contributed by atoms with Crippen molar-refractivity contribution in [2.24, 2.45) is 11.7 Å². The number of benzene rings is 1. The van der Waals surface area contributed by atoms with E-state index >= 15 is 0 Å². The van der Waals surface area contributed by atoms with Crippen molar-refractivity contribution in [2.45, 2.75) is 37.8 Å². The summed E-state index contributed by atoms with van der Waals surface area (Å²) in [6.07, 6.45) is 4.90. The third-order valence-electron chi connectivity index (χ3n) is 3.81. The average Bonchev–Trinajstić information content (AvgIpc) is 3.13. The van der Waals surface area contributed by atoms with Crippen LogP contribution in [0.25, 0.3) is 0 Å². The Morgan fingerprint density at radius 3 is 2.94 bits per heavy atom. The summed E-state index contributed by atoms with van der Waals surface area (Å²) in [7, 11) is 0. The van der Waals surface area contributed by atoms with Crippen LogP contribution in [0.5, 0.6) is 0 Å². The molecule has 0 saturated heterocycles. The first-order valence-corrected chi connectivity index (χ1v) is 6.29. The minimum atomic E-state index is 0.237. The predicted molar refractivity (Wildman–Crippen MR) is 64.2 cm³/mol. The SMILES string of the molecule is NC(CC1OCCc2ccccc21)C1CC1. The smallest absolute Gasteiger partial charge is 0.0842 e. The second-order valence-corrected chi connectivity index (χ2v) is 5.05. The zero-order chi connectivity index (χ0) is 11.0. The Morgan fingerprint density at radius 2 is 2.12 bits per heavy atom. The highest BCUT2D eigenvalue weighted by atomic mass is 16.5. The molecule has 2 heteroatoms. The van der Waals surface area contributed by atoms with Crippen LogP contribution in [0.4, 0.5) is 0 Å². The van der Waals surface area contributed by atoms with Gasteiger partial charge in [-0.3, -0.25) is 0 Å². The average molecular weight is 217 g/mol. The van der Waals surface area contributed by atoms with Crippen molar-refractivity contribution in [3.8, 4) is 0 Å². The molecule has 0 amide bonds. The van der Waals surface area contributed by atoms with E-state index in [1.54, 1.807) is 0 Å². The van der Waals surface area contributed by atoms with Gasteiger partial charge in [-0.25, -0.2) is 0 Å². The molecule has 2 atom stereocenters. The van der Waals surface area contributed by atoms with E-state index in [9.17, 15) is 0 Å². The molecule has 1 aliphatic heterocycles. The summed E-state index contributed by atoms with van der Waals surface area (Å²) in [6.45, 7) is 0.846. The van der Waals surface area contributed by atoms with Crippen molar-refractivity contribution < 1.29 is 4.74 Å². The minimum absolute atomic E-state index is 0.237. The maximum Gasteiger partial charge on any atom is 0.0842 e.